The van der Waals surface area contributed by atoms with Crippen molar-refractivity contribution in [1.29, 1.82) is 0 Å². The molecule has 0 bridgehead atoms. The van der Waals surface area contributed by atoms with Crippen molar-refractivity contribution < 1.29 is 4.43 Å². The van der Waals surface area contributed by atoms with Crippen LogP contribution in [0.25, 0.3) is 0 Å². The zero-order valence-corrected chi connectivity index (χ0v) is 14.5. The molecule has 0 radical (unpaired) electrons. The lowest BCUT2D eigenvalue weighted by Crippen LogP contribution is -2.31. The van der Waals surface area contributed by atoms with E-state index in [2.05, 4.69) is 20.8 Å². The topological polar surface area (TPSA) is 9.23 Å². The highest BCUT2D eigenvalue weighted by molar-refractivity contribution is 7.16. The second-order valence-electron chi connectivity index (χ2n) is 5.35. The monoisotopic (exact) mass is 292 g/mol. The van der Waals surface area contributed by atoms with Gasteiger partial charge >= 0.3 is 0 Å². The normalized spacial score (nSPS) is 14.7. The van der Waals surface area contributed by atoms with Gasteiger partial charge in [-0.15, -0.1) is 11.1 Å². The van der Waals surface area contributed by atoms with Gasteiger partial charge in [-0.25, -0.2) is 0 Å². The van der Waals surface area contributed by atoms with Gasteiger partial charge in [-0.05, 0) is 18.5 Å². The molecular formula is C15H33ClOSi. The Hall–Kier alpha value is 0.467. The van der Waals surface area contributed by atoms with Crippen LogP contribution in [0.3, 0.4) is 0 Å². The molecule has 0 saturated carbocycles. The number of hydrogen-bond acceptors (Lipinski definition) is 1. The molecule has 1 nitrogen and oxygen atoms in total. The summed E-state index contributed by atoms with van der Waals surface area (Å²) in [7, 11) is -1.89. The van der Waals surface area contributed by atoms with E-state index in [0.29, 0.717) is 0 Å². The molecule has 0 amide bonds. The van der Waals surface area contributed by atoms with Gasteiger partial charge in [0.2, 0.25) is 0 Å². The lowest BCUT2D eigenvalue weighted by atomic mass is 10.1. The van der Waals surface area contributed by atoms with Crippen molar-refractivity contribution in [2.24, 2.45) is 0 Å². The average molecular weight is 293 g/mol. The summed E-state index contributed by atoms with van der Waals surface area (Å²) < 4.78 is 6.01. The third-order valence-corrected chi connectivity index (χ3v) is 7.76. The maximum Gasteiger partial charge on any atom is 0.290 e. The Morgan fingerprint density at radius 3 is 1.89 bits per heavy atom. The molecule has 0 rings (SSSR count). The molecule has 0 fully saturated rings. The van der Waals surface area contributed by atoms with E-state index in [0.717, 1.165) is 25.1 Å². The molecule has 110 valence electrons. The molecule has 1 unspecified atom stereocenters. The molecule has 0 aromatic carbocycles. The first-order chi connectivity index (χ1) is 8.68. The summed E-state index contributed by atoms with van der Waals surface area (Å²) in [4.78, 5) is 0. The van der Waals surface area contributed by atoms with Gasteiger partial charge in [0, 0.05) is 6.61 Å². The van der Waals surface area contributed by atoms with Gasteiger partial charge in [0.15, 0.2) is 0 Å². The van der Waals surface area contributed by atoms with Gasteiger partial charge in [-0.1, -0.05) is 72.1 Å². The first-order valence-corrected chi connectivity index (χ1v) is 11.3. The fourth-order valence-corrected chi connectivity index (χ4v) is 5.97. The lowest BCUT2D eigenvalue weighted by Gasteiger charge is -2.24. The van der Waals surface area contributed by atoms with Gasteiger partial charge in [-0.3, -0.25) is 0 Å². The van der Waals surface area contributed by atoms with E-state index in [1.807, 2.05) is 0 Å². The summed E-state index contributed by atoms with van der Waals surface area (Å²) in [5.74, 6) is 0. The van der Waals surface area contributed by atoms with E-state index in [4.69, 9.17) is 15.5 Å². The second kappa shape index (κ2) is 12.5. The van der Waals surface area contributed by atoms with Crippen LogP contribution in [0, 0.1) is 0 Å². The van der Waals surface area contributed by atoms with Gasteiger partial charge in [0.05, 0.1) is 0 Å². The van der Waals surface area contributed by atoms with Crippen LogP contribution >= 0.6 is 11.1 Å². The largest absolute Gasteiger partial charge is 0.403 e. The Morgan fingerprint density at radius 1 is 0.722 bits per heavy atom. The predicted octanol–water partition coefficient (Wildman–Crippen LogP) is 6.25. The second-order valence-corrected chi connectivity index (χ2v) is 10.5. The molecule has 18 heavy (non-hydrogen) atoms. The summed E-state index contributed by atoms with van der Waals surface area (Å²) in [6.45, 7) is 7.52. The molecule has 0 N–H and O–H groups in total. The zero-order chi connectivity index (χ0) is 13.7. The standard InChI is InChI=1S/C15H33ClOSi/c1-4-7-9-10-11-12-15-18(16,14-8-5-2)17-13-6-3/h4-15H2,1-3H3. The lowest BCUT2D eigenvalue weighted by molar-refractivity contribution is 0.309. The van der Waals surface area contributed by atoms with Crippen molar-refractivity contribution >= 4 is 18.7 Å². The molecule has 0 aliphatic heterocycles. The molecule has 0 aromatic heterocycles. The van der Waals surface area contributed by atoms with Crippen LogP contribution in [0.4, 0.5) is 0 Å². The quantitative estimate of drug-likeness (QED) is 0.221. The van der Waals surface area contributed by atoms with Crippen molar-refractivity contribution in [2.75, 3.05) is 6.61 Å². The van der Waals surface area contributed by atoms with Gasteiger partial charge in [0.1, 0.15) is 0 Å². The highest BCUT2D eigenvalue weighted by atomic mass is 35.6. The molecule has 0 aromatic rings. The third-order valence-electron chi connectivity index (χ3n) is 3.37. The molecular weight excluding hydrogens is 260 g/mol. The fraction of sp³-hybridized carbons (Fsp3) is 1.00. The molecule has 0 saturated heterocycles. The smallest absolute Gasteiger partial charge is 0.290 e. The van der Waals surface area contributed by atoms with Crippen LogP contribution in [0.2, 0.25) is 12.1 Å². The first kappa shape index (κ1) is 18.5. The van der Waals surface area contributed by atoms with Crippen molar-refractivity contribution in [3.05, 3.63) is 0 Å². The molecule has 0 heterocycles. The zero-order valence-electron chi connectivity index (χ0n) is 12.8. The summed E-state index contributed by atoms with van der Waals surface area (Å²) in [5.41, 5.74) is 0. The SMILES string of the molecule is CCCCCCCC[Si](Cl)(CCCC)OCCC. The molecule has 0 spiro atoms. The van der Waals surface area contributed by atoms with Gasteiger partial charge in [-0.2, -0.15) is 0 Å². The van der Waals surface area contributed by atoms with Crippen molar-refractivity contribution in [2.45, 2.75) is 90.6 Å². The van der Waals surface area contributed by atoms with Gasteiger partial charge < -0.3 is 4.43 Å². The number of halogens is 1. The molecule has 3 heteroatoms. The summed E-state index contributed by atoms with van der Waals surface area (Å²) >= 11 is 6.75. The minimum absolute atomic E-state index is 0.856. The number of unbranched alkanes of at least 4 members (excludes halogenated alkanes) is 6. The van der Waals surface area contributed by atoms with Crippen LogP contribution in [0.5, 0.6) is 0 Å². The summed E-state index contributed by atoms with van der Waals surface area (Å²) in [6, 6.07) is 2.29. The Balaban J connectivity index is 3.77. The Morgan fingerprint density at radius 2 is 1.28 bits per heavy atom. The van der Waals surface area contributed by atoms with E-state index in [-0.39, 0.29) is 0 Å². The third kappa shape index (κ3) is 10.4. The fourth-order valence-electron chi connectivity index (χ4n) is 2.16. The van der Waals surface area contributed by atoms with Crippen LogP contribution in [0.15, 0.2) is 0 Å². The van der Waals surface area contributed by atoms with Crippen LogP contribution in [-0.4, -0.2) is 14.2 Å². The predicted molar refractivity (Wildman–Crippen MR) is 85.7 cm³/mol. The van der Waals surface area contributed by atoms with Crippen molar-refractivity contribution in [3.63, 3.8) is 0 Å². The molecule has 1 atom stereocenters. The van der Waals surface area contributed by atoms with E-state index in [1.165, 1.54) is 51.4 Å². The molecule has 0 aliphatic rings. The minimum Gasteiger partial charge on any atom is -0.403 e. The molecule has 0 aliphatic carbocycles. The number of rotatable bonds is 13. The van der Waals surface area contributed by atoms with Gasteiger partial charge in [0.25, 0.3) is 7.63 Å². The maximum atomic E-state index is 6.75. The van der Waals surface area contributed by atoms with Crippen molar-refractivity contribution in [3.8, 4) is 0 Å². The van der Waals surface area contributed by atoms with Crippen LogP contribution in [-0.2, 0) is 4.43 Å². The van der Waals surface area contributed by atoms with E-state index >= 15 is 0 Å². The van der Waals surface area contributed by atoms with E-state index in [1.54, 1.807) is 0 Å². The number of hydrogen-bond donors (Lipinski definition) is 0. The van der Waals surface area contributed by atoms with Crippen LogP contribution < -0.4 is 0 Å². The minimum atomic E-state index is -1.89. The summed E-state index contributed by atoms with van der Waals surface area (Å²) in [6.07, 6.45) is 11.6. The highest BCUT2D eigenvalue weighted by Crippen LogP contribution is 2.28. The van der Waals surface area contributed by atoms with E-state index < -0.39 is 7.63 Å². The Bertz CT molecular complexity index is 168. The average Bonchev–Trinajstić information content (AvgIpc) is 2.38. The van der Waals surface area contributed by atoms with Crippen LogP contribution in [0.1, 0.15) is 78.6 Å². The Kier molecular flexibility index (Phi) is 12.8. The highest BCUT2D eigenvalue weighted by Gasteiger charge is 2.31. The first-order valence-electron chi connectivity index (χ1n) is 8.01. The van der Waals surface area contributed by atoms with E-state index in [9.17, 15) is 0 Å². The summed E-state index contributed by atoms with van der Waals surface area (Å²) in [5, 5.41) is 0. The maximum absolute atomic E-state index is 6.75. The Labute approximate surface area is 120 Å². The van der Waals surface area contributed by atoms with Crippen molar-refractivity contribution in [1.82, 2.24) is 0 Å².